The van der Waals surface area contributed by atoms with E-state index in [1.807, 2.05) is 24.1 Å². The maximum absolute atomic E-state index is 10.5. The molecule has 6 heteroatoms. The van der Waals surface area contributed by atoms with Crippen molar-refractivity contribution in [3.8, 4) is 11.5 Å². The van der Waals surface area contributed by atoms with Crippen molar-refractivity contribution in [2.45, 2.75) is 13.0 Å². The summed E-state index contributed by atoms with van der Waals surface area (Å²) in [6.07, 6.45) is 0.118. The Morgan fingerprint density at radius 1 is 1.32 bits per heavy atom. The largest absolute Gasteiger partial charge is 0.496 e. The van der Waals surface area contributed by atoms with Crippen molar-refractivity contribution in [1.29, 1.82) is 0 Å². The van der Waals surface area contributed by atoms with Gasteiger partial charge < -0.3 is 19.5 Å². The van der Waals surface area contributed by atoms with Gasteiger partial charge in [0.05, 0.1) is 25.1 Å². The van der Waals surface area contributed by atoms with Crippen molar-refractivity contribution in [2.24, 2.45) is 0 Å². The van der Waals surface area contributed by atoms with Crippen molar-refractivity contribution >= 4 is 21.9 Å². The maximum atomic E-state index is 10.5. The number of nitrogens with zero attached hydrogens (tertiary/aromatic N) is 1. The lowest BCUT2D eigenvalue weighted by atomic mass is 10.1. The number of methoxy groups -OCH3 is 2. The fourth-order valence-electron chi connectivity index (χ4n) is 1.70. The molecule has 0 amide bonds. The highest BCUT2D eigenvalue weighted by atomic mass is 79.9. The average molecular weight is 332 g/mol. The SMILES string of the molecule is COc1cc(CN(C)CCC(=O)O)c(OC)cc1Br. The lowest BCUT2D eigenvalue weighted by molar-refractivity contribution is -0.137. The highest BCUT2D eigenvalue weighted by molar-refractivity contribution is 9.10. The summed E-state index contributed by atoms with van der Waals surface area (Å²) in [5, 5.41) is 8.67. The molecule has 1 aromatic carbocycles. The van der Waals surface area contributed by atoms with E-state index in [9.17, 15) is 4.79 Å². The van der Waals surface area contributed by atoms with Gasteiger partial charge in [0.15, 0.2) is 0 Å². The van der Waals surface area contributed by atoms with Gasteiger partial charge in [-0.1, -0.05) is 0 Å². The quantitative estimate of drug-likeness (QED) is 0.831. The minimum absolute atomic E-state index is 0.118. The number of carbonyl (C=O) groups is 1. The van der Waals surface area contributed by atoms with Crippen LogP contribution >= 0.6 is 15.9 Å². The number of carboxylic acids is 1. The molecule has 0 spiro atoms. The summed E-state index contributed by atoms with van der Waals surface area (Å²) in [4.78, 5) is 12.5. The molecule has 0 saturated heterocycles. The summed E-state index contributed by atoms with van der Waals surface area (Å²) in [5.41, 5.74) is 0.954. The molecule has 19 heavy (non-hydrogen) atoms. The first-order chi connectivity index (χ1) is 8.97. The minimum atomic E-state index is -0.799. The third-order valence-corrected chi connectivity index (χ3v) is 3.32. The Hall–Kier alpha value is -1.27. The van der Waals surface area contributed by atoms with Gasteiger partial charge in [-0.25, -0.2) is 0 Å². The molecular formula is C13H18BrNO4. The van der Waals surface area contributed by atoms with Crippen LogP contribution in [-0.4, -0.2) is 43.8 Å². The number of carboxylic acid groups (broad SMARTS) is 1. The number of hydrogen-bond acceptors (Lipinski definition) is 4. The van der Waals surface area contributed by atoms with Gasteiger partial charge in [0.2, 0.25) is 0 Å². The monoisotopic (exact) mass is 331 g/mol. The third-order valence-electron chi connectivity index (χ3n) is 2.70. The van der Waals surface area contributed by atoms with E-state index in [1.165, 1.54) is 0 Å². The minimum Gasteiger partial charge on any atom is -0.496 e. The Bertz CT molecular complexity index is 451. The first-order valence-electron chi connectivity index (χ1n) is 5.78. The summed E-state index contributed by atoms with van der Waals surface area (Å²) in [6.45, 7) is 1.08. The van der Waals surface area contributed by atoms with E-state index in [0.29, 0.717) is 13.1 Å². The van der Waals surface area contributed by atoms with Gasteiger partial charge in [-0.3, -0.25) is 4.79 Å². The van der Waals surface area contributed by atoms with Crippen LogP contribution in [0.1, 0.15) is 12.0 Å². The van der Waals surface area contributed by atoms with Crippen LogP contribution in [0.25, 0.3) is 0 Å². The van der Waals surface area contributed by atoms with Crippen LogP contribution in [0.2, 0.25) is 0 Å². The van der Waals surface area contributed by atoms with Crippen LogP contribution in [0, 0.1) is 0 Å². The normalized spacial score (nSPS) is 10.6. The fourth-order valence-corrected chi connectivity index (χ4v) is 2.19. The van der Waals surface area contributed by atoms with Crippen LogP contribution < -0.4 is 9.47 Å². The summed E-state index contributed by atoms with van der Waals surface area (Å²) in [5.74, 6) is 0.671. The molecule has 1 aromatic rings. The first kappa shape index (κ1) is 15.8. The molecule has 0 aliphatic rings. The molecule has 5 nitrogen and oxygen atoms in total. The van der Waals surface area contributed by atoms with Gasteiger partial charge in [0, 0.05) is 18.7 Å². The number of aliphatic carboxylic acids is 1. The van der Waals surface area contributed by atoms with Crippen molar-refractivity contribution in [1.82, 2.24) is 4.90 Å². The second kappa shape index (κ2) is 7.35. The van der Waals surface area contributed by atoms with E-state index in [2.05, 4.69) is 15.9 Å². The van der Waals surface area contributed by atoms with Gasteiger partial charge in [0.25, 0.3) is 0 Å². The predicted octanol–water partition coefficient (Wildman–Crippen LogP) is 2.37. The zero-order valence-corrected chi connectivity index (χ0v) is 12.9. The van der Waals surface area contributed by atoms with Gasteiger partial charge in [-0.05, 0) is 35.1 Å². The molecule has 0 bridgehead atoms. The predicted molar refractivity (Wildman–Crippen MR) is 75.8 cm³/mol. The molecular weight excluding hydrogens is 314 g/mol. The van der Waals surface area contributed by atoms with Crippen molar-refractivity contribution in [2.75, 3.05) is 27.8 Å². The average Bonchev–Trinajstić information content (AvgIpc) is 2.37. The molecule has 1 rings (SSSR count). The first-order valence-corrected chi connectivity index (χ1v) is 6.58. The summed E-state index contributed by atoms with van der Waals surface area (Å²) in [7, 11) is 5.08. The summed E-state index contributed by atoms with van der Waals surface area (Å²) < 4.78 is 11.4. The molecule has 0 unspecified atom stereocenters. The zero-order chi connectivity index (χ0) is 14.4. The van der Waals surface area contributed by atoms with Gasteiger partial charge in [0.1, 0.15) is 11.5 Å². The van der Waals surface area contributed by atoms with E-state index in [4.69, 9.17) is 14.6 Å². The molecule has 0 heterocycles. The lowest BCUT2D eigenvalue weighted by Gasteiger charge is -2.18. The van der Waals surface area contributed by atoms with Gasteiger partial charge in [-0.15, -0.1) is 0 Å². The summed E-state index contributed by atoms with van der Waals surface area (Å²) >= 11 is 3.40. The van der Waals surface area contributed by atoms with Crippen LogP contribution in [0.5, 0.6) is 11.5 Å². The molecule has 0 radical (unpaired) electrons. The number of ether oxygens (including phenoxy) is 2. The number of halogens is 1. The number of hydrogen-bond donors (Lipinski definition) is 1. The van der Waals surface area contributed by atoms with E-state index in [-0.39, 0.29) is 6.42 Å². The summed E-state index contributed by atoms with van der Waals surface area (Å²) in [6, 6.07) is 3.74. The standard InChI is InChI=1S/C13H18BrNO4/c1-15(5-4-13(16)17)8-9-6-12(19-3)10(14)7-11(9)18-2/h6-7H,4-5,8H2,1-3H3,(H,16,17). The lowest BCUT2D eigenvalue weighted by Crippen LogP contribution is -2.21. The number of benzene rings is 1. The molecule has 1 N–H and O–H groups in total. The molecule has 0 aliphatic carbocycles. The van der Waals surface area contributed by atoms with Gasteiger partial charge >= 0.3 is 5.97 Å². The topological polar surface area (TPSA) is 59.0 Å². The van der Waals surface area contributed by atoms with Crippen molar-refractivity contribution < 1.29 is 19.4 Å². The second-order valence-corrected chi connectivity index (χ2v) is 5.03. The number of rotatable bonds is 7. The molecule has 106 valence electrons. The molecule has 0 saturated carbocycles. The Morgan fingerprint density at radius 3 is 2.47 bits per heavy atom. The molecule has 0 fully saturated rings. The van der Waals surface area contributed by atoms with Crippen LogP contribution in [-0.2, 0) is 11.3 Å². The fraction of sp³-hybridized carbons (Fsp3) is 0.462. The Labute approximate surface area is 121 Å². The maximum Gasteiger partial charge on any atom is 0.304 e. The zero-order valence-electron chi connectivity index (χ0n) is 11.3. The Kier molecular flexibility index (Phi) is 6.11. The van der Waals surface area contributed by atoms with Crippen LogP contribution in [0.3, 0.4) is 0 Å². The van der Waals surface area contributed by atoms with Crippen molar-refractivity contribution in [3.63, 3.8) is 0 Å². The smallest absolute Gasteiger partial charge is 0.304 e. The second-order valence-electron chi connectivity index (χ2n) is 4.18. The van der Waals surface area contributed by atoms with Gasteiger partial charge in [-0.2, -0.15) is 0 Å². The molecule has 0 aliphatic heterocycles. The Morgan fingerprint density at radius 2 is 1.95 bits per heavy atom. The highest BCUT2D eigenvalue weighted by Crippen LogP contribution is 2.33. The van der Waals surface area contributed by atoms with E-state index in [1.54, 1.807) is 14.2 Å². The van der Waals surface area contributed by atoms with Crippen LogP contribution in [0.15, 0.2) is 16.6 Å². The van der Waals surface area contributed by atoms with E-state index >= 15 is 0 Å². The molecule has 0 aromatic heterocycles. The van der Waals surface area contributed by atoms with Crippen molar-refractivity contribution in [3.05, 3.63) is 22.2 Å². The van der Waals surface area contributed by atoms with E-state index < -0.39 is 5.97 Å². The van der Waals surface area contributed by atoms with E-state index in [0.717, 1.165) is 21.5 Å². The Balaban J connectivity index is 2.83. The highest BCUT2D eigenvalue weighted by Gasteiger charge is 2.12. The van der Waals surface area contributed by atoms with Crippen LogP contribution in [0.4, 0.5) is 0 Å². The third kappa shape index (κ3) is 4.72. The molecule has 0 atom stereocenters.